The van der Waals surface area contributed by atoms with Gasteiger partial charge in [-0.2, -0.15) is 4.31 Å². The standard InChI is InChI=1S/C18H19F3N4O5S/c1-23-11-14(10-15(23)16(22)26)31(28,29)25-8-6-24(7-9-25)17(27)12-2-4-13(5-3-12)30-18(19,20)21/h2-5,10-11H,6-9H2,1H3,(H2,22,26). The van der Waals surface area contributed by atoms with Crippen molar-refractivity contribution in [2.45, 2.75) is 11.3 Å². The van der Waals surface area contributed by atoms with E-state index in [2.05, 4.69) is 4.74 Å². The maximum atomic E-state index is 12.8. The number of carbonyl (C=O) groups is 2. The summed E-state index contributed by atoms with van der Waals surface area (Å²) in [5, 5.41) is 0. The number of piperazine rings is 1. The van der Waals surface area contributed by atoms with Crippen molar-refractivity contribution >= 4 is 21.8 Å². The highest BCUT2D eigenvalue weighted by molar-refractivity contribution is 7.89. The van der Waals surface area contributed by atoms with E-state index in [1.165, 1.54) is 45.2 Å². The van der Waals surface area contributed by atoms with Crippen LogP contribution in [0.15, 0.2) is 41.4 Å². The molecular weight excluding hydrogens is 441 g/mol. The summed E-state index contributed by atoms with van der Waals surface area (Å²) in [5.41, 5.74) is 5.42. The maximum absolute atomic E-state index is 12.8. The van der Waals surface area contributed by atoms with Crippen LogP contribution in [-0.4, -0.2) is 66.5 Å². The highest BCUT2D eigenvalue weighted by Gasteiger charge is 2.33. The van der Waals surface area contributed by atoms with E-state index in [1.54, 1.807) is 0 Å². The Balaban J connectivity index is 1.65. The number of primary amides is 1. The molecule has 0 spiro atoms. The molecule has 1 aliphatic rings. The second kappa shape index (κ2) is 8.23. The number of rotatable bonds is 5. The number of alkyl halides is 3. The molecule has 2 amide bonds. The van der Waals surface area contributed by atoms with E-state index in [0.29, 0.717) is 0 Å². The summed E-state index contributed by atoms with van der Waals surface area (Å²) in [6.07, 6.45) is -3.54. The van der Waals surface area contributed by atoms with Crippen LogP contribution in [0.5, 0.6) is 5.75 Å². The Labute approximate surface area is 175 Å². The minimum absolute atomic E-state index is 0.0180. The molecule has 0 unspecified atom stereocenters. The average Bonchev–Trinajstić information content (AvgIpc) is 3.10. The van der Waals surface area contributed by atoms with E-state index < -0.39 is 33.9 Å². The third-order valence-corrected chi connectivity index (χ3v) is 6.59. The molecule has 1 fully saturated rings. The van der Waals surface area contributed by atoms with Crippen LogP contribution in [0.3, 0.4) is 0 Å². The first-order valence-corrected chi connectivity index (χ1v) is 10.4. The predicted molar refractivity (Wildman–Crippen MR) is 102 cm³/mol. The molecule has 3 rings (SSSR count). The van der Waals surface area contributed by atoms with Crippen molar-refractivity contribution in [2.24, 2.45) is 12.8 Å². The van der Waals surface area contributed by atoms with E-state index in [4.69, 9.17) is 5.73 Å². The highest BCUT2D eigenvalue weighted by atomic mass is 32.2. The van der Waals surface area contributed by atoms with Gasteiger partial charge in [-0.25, -0.2) is 8.42 Å². The van der Waals surface area contributed by atoms with E-state index >= 15 is 0 Å². The zero-order chi connectivity index (χ0) is 23.0. The number of hydrogen-bond donors (Lipinski definition) is 1. The first-order chi connectivity index (χ1) is 14.4. The molecule has 1 saturated heterocycles. The zero-order valence-electron chi connectivity index (χ0n) is 16.3. The first-order valence-electron chi connectivity index (χ1n) is 9.00. The second-order valence-electron chi connectivity index (χ2n) is 6.80. The van der Waals surface area contributed by atoms with Gasteiger partial charge >= 0.3 is 6.36 Å². The fraction of sp³-hybridized carbons (Fsp3) is 0.333. The molecular formula is C18H19F3N4O5S. The van der Waals surface area contributed by atoms with E-state index in [9.17, 15) is 31.2 Å². The number of hydrogen-bond acceptors (Lipinski definition) is 5. The number of amides is 2. The SMILES string of the molecule is Cn1cc(S(=O)(=O)N2CCN(C(=O)c3ccc(OC(F)(F)F)cc3)CC2)cc1C(N)=O. The number of nitrogens with zero attached hydrogens (tertiary/aromatic N) is 3. The van der Waals surface area contributed by atoms with Crippen LogP contribution in [0.4, 0.5) is 13.2 Å². The van der Waals surface area contributed by atoms with Gasteiger partial charge in [0.2, 0.25) is 10.0 Å². The van der Waals surface area contributed by atoms with Crippen molar-refractivity contribution in [2.75, 3.05) is 26.2 Å². The van der Waals surface area contributed by atoms with Gasteiger partial charge in [-0.1, -0.05) is 0 Å². The van der Waals surface area contributed by atoms with E-state index in [-0.39, 0.29) is 42.3 Å². The summed E-state index contributed by atoms with van der Waals surface area (Å²) in [6, 6.07) is 5.68. The Morgan fingerprint density at radius 3 is 2.13 bits per heavy atom. The monoisotopic (exact) mass is 460 g/mol. The summed E-state index contributed by atoms with van der Waals surface area (Å²) >= 11 is 0. The fourth-order valence-electron chi connectivity index (χ4n) is 3.18. The number of benzene rings is 1. The lowest BCUT2D eigenvalue weighted by molar-refractivity contribution is -0.274. The summed E-state index contributed by atoms with van der Waals surface area (Å²) in [5.74, 6) is -1.64. The fourth-order valence-corrected chi connectivity index (χ4v) is 4.68. The summed E-state index contributed by atoms with van der Waals surface area (Å²) < 4.78 is 68.6. The summed E-state index contributed by atoms with van der Waals surface area (Å²) in [7, 11) is -2.39. The lowest BCUT2D eigenvalue weighted by atomic mass is 10.2. The Morgan fingerprint density at radius 2 is 1.65 bits per heavy atom. The molecule has 0 radical (unpaired) electrons. The molecule has 2 heterocycles. The van der Waals surface area contributed by atoms with Crippen molar-refractivity contribution in [3.8, 4) is 5.75 Å². The number of halogens is 3. The number of sulfonamides is 1. The Morgan fingerprint density at radius 1 is 1.06 bits per heavy atom. The molecule has 9 nitrogen and oxygen atoms in total. The molecule has 13 heteroatoms. The largest absolute Gasteiger partial charge is 0.573 e. The van der Waals surface area contributed by atoms with Gasteiger partial charge in [0.1, 0.15) is 16.3 Å². The second-order valence-corrected chi connectivity index (χ2v) is 8.74. The van der Waals surface area contributed by atoms with Gasteiger partial charge in [-0.15, -0.1) is 13.2 Å². The zero-order valence-corrected chi connectivity index (χ0v) is 17.1. The normalized spacial score (nSPS) is 15.7. The van der Waals surface area contributed by atoms with Gasteiger partial charge in [-0.3, -0.25) is 9.59 Å². The number of aromatic nitrogens is 1. The summed E-state index contributed by atoms with van der Waals surface area (Å²) in [4.78, 5) is 25.3. The smallest absolute Gasteiger partial charge is 0.406 e. The molecule has 0 aliphatic carbocycles. The first kappa shape index (κ1) is 22.6. The molecule has 2 aromatic rings. The number of ether oxygens (including phenoxy) is 1. The van der Waals surface area contributed by atoms with E-state index in [1.807, 2.05) is 0 Å². The number of aryl methyl sites for hydroxylation is 1. The van der Waals surface area contributed by atoms with Crippen LogP contribution < -0.4 is 10.5 Å². The molecule has 2 N–H and O–H groups in total. The minimum Gasteiger partial charge on any atom is -0.406 e. The molecule has 0 saturated carbocycles. The predicted octanol–water partition coefficient (Wildman–Crippen LogP) is 1.17. The van der Waals surface area contributed by atoms with Crippen LogP contribution in [0, 0.1) is 0 Å². The van der Waals surface area contributed by atoms with Gasteiger partial charge < -0.3 is 19.9 Å². The quantitative estimate of drug-likeness (QED) is 0.719. The average molecular weight is 460 g/mol. The summed E-state index contributed by atoms with van der Waals surface area (Å²) in [6.45, 7) is 0.219. The molecule has 168 valence electrons. The highest BCUT2D eigenvalue weighted by Crippen LogP contribution is 2.24. The molecule has 1 aromatic carbocycles. The molecule has 31 heavy (non-hydrogen) atoms. The third-order valence-electron chi connectivity index (χ3n) is 4.73. The van der Waals surface area contributed by atoms with Crippen molar-refractivity contribution in [3.63, 3.8) is 0 Å². The van der Waals surface area contributed by atoms with Crippen LogP contribution in [0.25, 0.3) is 0 Å². The van der Waals surface area contributed by atoms with Gasteiger partial charge in [0, 0.05) is 45.0 Å². The Kier molecular flexibility index (Phi) is 6.00. The van der Waals surface area contributed by atoms with Gasteiger partial charge in [0.25, 0.3) is 11.8 Å². The van der Waals surface area contributed by atoms with Gasteiger partial charge in [-0.05, 0) is 30.3 Å². The maximum Gasteiger partial charge on any atom is 0.573 e. The van der Waals surface area contributed by atoms with Crippen molar-refractivity contribution in [3.05, 3.63) is 47.8 Å². The van der Waals surface area contributed by atoms with Crippen LogP contribution in [0.1, 0.15) is 20.8 Å². The van der Waals surface area contributed by atoms with Gasteiger partial charge in [0.05, 0.1) is 0 Å². The van der Waals surface area contributed by atoms with Gasteiger partial charge in [0.15, 0.2) is 0 Å². The number of carbonyl (C=O) groups excluding carboxylic acids is 2. The third kappa shape index (κ3) is 4.99. The molecule has 1 aliphatic heterocycles. The van der Waals surface area contributed by atoms with E-state index in [0.717, 1.165) is 12.1 Å². The van der Waals surface area contributed by atoms with Crippen LogP contribution in [0.2, 0.25) is 0 Å². The number of nitrogens with two attached hydrogens (primary N) is 1. The molecule has 1 aromatic heterocycles. The van der Waals surface area contributed by atoms with Crippen molar-refractivity contribution in [1.82, 2.24) is 13.8 Å². The Bertz CT molecular complexity index is 1090. The van der Waals surface area contributed by atoms with Crippen molar-refractivity contribution < 1.29 is 35.9 Å². The van der Waals surface area contributed by atoms with Crippen molar-refractivity contribution in [1.29, 1.82) is 0 Å². The topological polar surface area (TPSA) is 115 Å². The molecule has 0 atom stereocenters. The lowest BCUT2D eigenvalue weighted by Gasteiger charge is -2.33. The lowest BCUT2D eigenvalue weighted by Crippen LogP contribution is -2.50. The van der Waals surface area contributed by atoms with Crippen LogP contribution in [-0.2, 0) is 17.1 Å². The molecule has 0 bridgehead atoms. The minimum atomic E-state index is -4.83. The Hall–Kier alpha value is -3.06. The van der Waals surface area contributed by atoms with Crippen LogP contribution >= 0.6 is 0 Å².